The first kappa shape index (κ1) is 29.2. The normalized spacial score (nSPS) is 10.5. The number of carbonyl (C=O) groups is 4. The summed E-state index contributed by atoms with van der Waals surface area (Å²) in [5.74, 6) is -1.96. The van der Waals surface area contributed by atoms with Crippen molar-refractivity contribution < 1.29 is 28.7 Å². The number of ether oxygens (including phenoxy) is 2. The predicted molar refractivity (Wildman–Crippen MR) is 159 cm³/mol. The first-order chi connectivity index (χ1) is 20.3. The average molecular weight is 565 g/mol. The summed E-state index contributed by atoms with van der Waals surface area (Å²) in [4.78, 5) is 50.0. The van der Waals surface area contributed by atoms with E-state index in [4.69, 9.17) is 9.47 Å². The molecule has 0 aromatic heterocycles. The molecule has 0 spiro atoms. The molecule has 0 saturated heterocycles. The molecule has 10 nitrogen and oxygen atoms in total. The van der Waals surface area contributed by atoms with Gasteiger partial charge in [0.25, 0.3) is 5.91 Å². The van der Waals surface area contributed by atoms with E-state index in [1.807, 2.05) is 26.0 Å². The molecule has 10 heteroatoms. The van der Waals surface area contributed by atoms with Gasteiger partial charge < -0.3 is 20.1 Å². The number of benzene rings is 4. The lowest BCUT2D eigenvalue weighted by Gasteiger charge is -2.11. The second-order valence-corrected chi connectivity index (χ2v) is 8.88. The number of anilines is 2. The molecule has 0 atom stereocenters. The lowest BCUT2D eigenvalue weighted by molar-refractivity contribution is -0.136. The summed E-state index contributed by atoms with van der Waals surface area (Å²) in [5, 5.41) is 9.00. The topological polar surface area (TPSA) is 135 Å². The van der Waals surface area contributed by atoms with Crippen LogP contribution in [0.2, 0.25) is 0 Å². The van der Waals surface area contributed by atoms with E-state index in [9.17, 15) is 19.2 Å². The molecule has 0 unspecified atom stereocenters. The van der Waals surface area contributed by atoms with Crippen LogP contribution < -0.4 is 25.5 Å². The fourth-order valence-corrected chi connectivity index (χ4v) is 3.77. The Hall–Kier alpha value is -5.77. The van der Waals surface area contributed by atoms with Crippen molar-refractivity contribution in [3.05, 3.63) is 119 Å². The van der Waals surface area contributed by atoms with Crippen molar-refractivity contribution in [1.82, 2.24) is 5.43 Å². The van der Waals surface area contributed by atoms with Gasteiger partial charge in [-0.2, -0.15) is 5.10 Å². The number of hydrogen-bond donors (Lipinski definition) is 3. The van der Waals surface area contributed by atoms with Crippen molar-refractivity contribution in [2.24, 2.45) is 5.10 Å². The van der Waals surface area contributed by atoms with Crippen LogP contribution in [0.5, 0.6) is 11.5 Å². The van der Waals surface area contributed by atoms with E-state index in [1.54, 1.807) is 72.8 Å². The van der Waals surface area contributed by atoms with Crippen LogP contribution >= 0.6 is 0 Å². The van der Waals surface area contributed by atoms with Crippen LogP contribution in [0.15, 0.2) is 102 Å². The molecular weight excluding hydrogens is 536 g/mol. The number of nitrogens with zero attached hydrogens (tertiary/aromatic N) is 1. The molecule has 3 amide bonds. The summed E-state index contributed by atoms with van der Waals surface area (Å²) in [7, 11) is 0. The van der Waals surface area contributed by atoms with Gasteiger partial charge in [0.15, 0.2) is 0 Å². The van der Waals surface area contributed by atoms with Gasteiger partial charge in [-0.3, -0.25) is 14.4 Å². The van der Waals surface area contributed by atoms with Gasteiger partial charge in [0.1, 0.15) is 11.5 Å². The first-order valence-corrected chi connectivity index (χ1v) is 13.0. The number of carbonyl (C=O) groups excluding carboxylic acids is 4. The maximum Gasteiger partial charge on any atom is 0.343 e. The number of rotatable bonds is 9. The van der Waals surface area contributed by atoms with Gasteiger partial charge in [-0.05, 0) is 91.7 Å². The quantitative estimate of drug-likeness (QED) is 0.0865. The minimum Gasteiger partial charge on any atom is -0.494 e. The zero-order valence-electron chi connectivity index (χ0n) is 22.9. The zero-order chi connectivity index (χ0) is 29.9. The highest BCUT2D eigenvalue weighted by atomic mass is 16.5. The van der Waals surface area contributed by atoms with Gasteiger partial charge in [0.2, 0.25) is 0 Å². The zero-order valence-corrected chi connectivity index (χ0v) is 22.9. The van der Waals surface area contributed by atoms with E-state index in [1.165, 1.54) is 18.3 Å². The van der Waals surface area contributed by atoms with Crippen molar-refractivity contribution in [1.29, 1.82) is 0 Å². The Morgan fingerprint density at radius 3 is 2.07 bits per heavy atom. The molecule has 4 aromatic rings. The third-order valence-electron chi connectivity index (χ3n) is 5.88. The average Bonchev–Trinajstić information content (AvgIpc) is 2.99. The van der Waals surface area contributed by atoms with Gasteiger partial charge in [-0.1, -0.05) is 30.3 Å². The molecule has 0 aliphatic rings. The largest absolute Gasteiger partial charge is 0.494 e. The number of para-hydroxylation sites is 1. The number of amides is 3. The third kappa shape index (κ3) is 7.89. The standard InChI is InChI=1S/C32H28N4O6/c1-3-41-24-18-14-23(15-19-24)34-29(37)27-10-6-7-11-28(27)35-30(38)31(39)36-33-20-22-12-16-25(17-13-22)42-32(40)26-9-5-4-8-21(26)2/h4-20H,3H2,1-2H3,(H,34,37)(H,35,38)(H,36,39). The van der Waals surface area contributed by atoms with Crippen LogP contribution in [-0.2, 0) is 9.59 Å². The van der Waals surface area contributed by atoms with Gasteiger partial charge in [0, 0.05) is 5.69 Å². The number of nitrogens with one attached hydrogen (secondary N) is 3. The number of hydrazone groups is 1. The predicted octanol–water partition coefficient (Wildman–Crippen LogP) is 4.95. The van der Waals surface area contributed by atoms with E-state index < -0.39 is 23.7 Å². The van der Waals surface area contributed by atoms with Crippen LogP contribution in [0.1, 0.15) is 38.8 Å². The Labute approximate surface area is 242 Å². The fourth-order valence-electron chi connectivity index (χ4n) is 3.77. The highest BCUT2D eigenvalue weighted by Gasteiger charge is 2.18. The lowest BCUT2D eigenvalue weighted by atomic mass is 10.1. The molecule has 0 heterocycles. The number of hydrogen-bond acceptors (Lipinski definition) is 7. The van der Waals surface area contributed by atoms with Gasteiger partial charge in [-0.25, -0.2) is 10.2 Å². The summed E-state index contributed by atoms with van der Waals surface area (Å²) in [5.41, 5.74) is 4.87. The second kappa shape index (κ2) is 14.0. The van der Waals surface area contributed by atoms with E-state index >= 15 is 0 Å². The molecule has 3 N–H and O–H groups in total. The summed E-state index contributed by atoms with van der Waals surface area (Å²) in [6.45, 7) is 4.23. The second-order valence-electron chi connectivity index (χ2n) is 8.88. The molecule has 0 fully saturated rings. The molecule has 4 aromatic carbocycles. The van der Waals surface area contributed by atoms with Crippen LogP contribution in [-0.4, -0.2) is 36.5 Å². The maximum atomic E-state index is 12.9. The van der Waals surface area contributed by atoms with Crippen LogP contribution in [0, 0.1) is 6.92 Å². The summed E-state index contributed by atoms with van der Waals surface area (Å²) >= 11 is 0. The third-order valence-corrected chi connectivity index (χ3v) is 5.88. The Morgan fingerprint density at radius 1 is 0.738 bits per heavy atom. The molecule has 0 aliphatic carbocycles. The molecular formula is C32H28N4O6. The van der Waals surface area contributed by atoms with Gasteiger partial charge in [-0.15, -0.1) is 0 Å². The molecule has 42 heavy (non-hydrogen) atoms. The van der Waals surface area contributed by atoms with Crippen molar-refractivity contribution in [2.75, 3.05) is 17.2 Å². The van der Waals surface area contributed by atoms with E-state index in [-0.39, 0.29) is 11.3 Å². The summed E-state index contributed by atoms with van der Waals surface area (Å²) in [6.07, 6.45) is 1.33. The van der Waals surface area contributed by atoms with E-state index in [2.05, 4.69) is 21.2 Å². The molecule has 0 radical (unpaired) electrons. The van der Waals surface area contributed by atoms with Gasteiger partial charge >= 0.3 is 17.8 Å². The lowest BCUT2D eigenvalue weighted by Crippen LogP contribution is -2.33. The van der Waals surface area contributed by atoms with E-state index in [0.717, 1.165) is 5.56 Å². The molecule has 0 aliphatic heterocycles. The highest BCUT2D eigenvalue weighted by Crippen LogP contribution is 2.20. The Kier molecular flexibility index (Phi) is 9.76. The smallest absolute Gasteiger partial charge is 0.343 e. The number of esters is 1. The summed E-state index contributed by atoms with van der Waals surface area (Å²) < 4.78 is 10.8. The molecule has 0 bridgehead atoms. The molecule has 0 saturated carbocycles. The van der Waals surface area contributed by atoms with Crippen LogP contribution in [0.4, 0.5) is 11.4 Å². The Balaban J connectivity index is 1.30. The highest BCUT2D eigenvalue weighted by molar-refractivity contribution is 6.40. The Bertz CT molecular complexity index is 1620. The molecule has 4 rings (SSSR count). The van der Waals surface area contributed by atoms with Crippen molar-refractivity contribution in [2.45, 2.75) is 13.8 Å². The number of aryl methyl sites for hydroxylation is 1. The van der Waals surface area contributed by atoms with Crippen molar-refractivity contribution in [3.63, 3.8) is 0 Å². The summed E-state index contributed by atoms with van der Waals surface area (Å²) in [6, 6.07) is 26.7. The van der Waals surface area contributed by atoms with E-state index in [0.29, 0.717) is 34.9 Å². The monoisotopic (exact) mass is 564 g/mol. The minimum absolute atomic E-state index is 0.154. The minimum atomic E-state index is -1.03. The van der Waals surface area contributed by atoms with Crippen LogP contribution in [0.3, 0.4) is 0 Å². The molecule has 212 valence electrons. The SMILES string of the molecule is CCOc1ccc(NC(=O)c2ccccc2NC(=O)C(=O)NN=Cc2ccc(OC(=O)c3ccccc3C)cc2)cc1. The van der Waals surface area contributed by atoms with Crippen molar-refractivity contribution in [3.8, 4) is 11.5 Å². The Morgan fingerprint density at radius 2 is 1.38 bits per heavy atom. The van der Waals surface area contributed by atoms with Crippen LogP contribution in [0.25, 0.3) is 0 Å². The fraction of sp³-hybridized carbons (Fsp3) is 0.0938. The first-order valence-electron chi connectivity index (χ1n) is 13.0. The van der Waals surface area contributed by atoms with Crippen molar-refractivity contribution >= 4 is 41.3 Å². The maximum absolute atomic E-state index is 12.9. The van der Waals surface area contributed by atoms with Gasteiger partial charge in [0.05, 0.1) is 29.6 Å².